The van der Waals surface area contributed by atoms with Crippen LogP contribution >= 0.6 is 0 Å². The molecule has 6 heterocycles. The molecule has 0 radical (unpaired) electrons. The predicted octanol–water partition coefficient (Wildman–Crippen LogP) is 2.47. The van der Waals surface area contributed by atoms with Gasteiger partial charge in [-0.05, 0) is 56.9 Å². The van der Waals surface area contributed by atoms with Gasteiger partial charge in [-0.1, -0.05) is 6.07 Å². The lowest BCUT2D eigenvalue weighted by molar-refractivity contribution is 0.477. The number of nitrogens with zero attached hydrogens (tertiary/aromatic N) is 7. The van der Waals surface area contributed by atoms with E-state index in [9.17, 15) is 4.79 Å². The summed E-state index contributed by atoms with van der Waals surface area (Å²) in [4.78, 5) is 34.5. The minimum Gasteiger partial charge on any atom is -0.341 e. The van der Waals surface area contributed by atoms with E-state index in [1.54, 1.807) is 6.07 Å². The second-order valence-electron chi connectivity index (χ2n) is 9.91. The van der Waals surface area contributed by atoms with Crippen molar-refractivity contribution in [3.8, 4) is 0 Å². The van der Waals surface area contributed by atoms with Crippen LogP contribution in [0.15, 0.2) is 23.0 Å². The molecule has 2 atom stereocenters. The van der Waals surface area contributed by atoms with Gasteiger partial charge >= 0.3 is 0 Å². The monoisotopic (exact) mass is 435 g/mol. The molecule has 3 saturated heterocycles. The highest BCUT2D eigenvalue weighted by molar-refractivity contribution is 5.48. The van der Waals surface area contributed by atoms with Crippen LogP contribution < -0.4 is 20.3 Å². The van der Waals surface area contributed by atoms with Crippen LogP contribution in [0.3, 0.4) is 0 Å². The number of pyridine rings is 1. The zero-order valence-corrected chi connectivity index (χ0v) is 18.8. The molecule has 170 valence electrons. The first-order valence-corrected chi connectivity index (χ1v) is 12.5. The van der Waals surface area contributed by atoms with Crippen molar-refractivity contribution in [1.29, 1.82) is 0 Å². The van der Waals surface area contributed by atoms with Crippen molar-refractivity contribution in [2.75, 3.05) is 47.4 Å². The van der Waals surface area contributed by atoms with E-state index in [4.69, 9.17) is 15.0 Å². The average molecular weight is 436 g/mol. The number of hydrogen-bond donors (Lipinski definition) is 0. The fourth-order valence-electron chi connectivity index (χ4n) is 5.98. The molecule has 8 nitrogen and oxygen atoms in total. The molecule has 0 spiro atoms. The molecule has 0 saturated carbocycles. The van der Waals surface area contributed by atoms with Crippen molar-refractivity contribution in [3.05, 3.63) is 34.2 Å². The number of piperidine rings is 2. The van der Waals surface area contributed by atoms with Crippen molar-refractivity contribution in [3.63, 3.8) is 0 Å². The highest BCUT2D eigenvalue weighted by Gasteiger charge is 2.38. The van der Waals surface area contributed by atoms with Gasteiger partial charge in [0, 0.05) is 63.5 Å². The van der Waals surface area contributed by atoms with Crippen LogP contribution in [0.4, 0.5) is 17.8 Å². The van der Waals surface area contributed by atoms with E-state index < -0.39 is 0 Å². The number of hydrogen-bond acceptors (Lipinski definition) is 7. The highest BCUT2D eigenvalue weighted by atomic mass is 16.1. The summed E-state index contributed by atoms with van der Waals surface area (Å²) in [5.74, 6) is 2.99. The van der Waals surface area contributed by atoms with Crippen molar-refractivity contribution in [2.24, 2.45) is 5.92 Å². The lowest BCUT2D eigenvalue weighted by Crippen LogP contribution is -2.39. The lowest BCUT2D eigenvalue weighted by atomic mass is 10.1. The third-order valence-electron chi connectivity index (χ3n) is 7.66. The molecule has 8 heteroatoms. The van der Waals surface area contributed by atoms with Crippen molar-refractivity contribution < 1.29 is 0 Å². The molecule has 0 aromatic carbocycles. The van der Waals surface area contributed by atoms with Crippen LogP contribution in [0.25, 0.3) is 0 Å². The van der Waals surface area contributed by atoms with Crippen LogP contribution in [0.5, 0.6) is 0 Å². The Morgan fingerprint density at radius 1 is 0.750 bits per heavy atom. The molecule has 4 aliphatic heterocycles. The lowest BCUT2D eigenvalue weighted by Gasteiger charge is -2.32. The fourth-order valence-corrected chi connectivity index (χ4v) is 5.98. The molecule has 2 bridgehead atoms. The Morgan fingerprint density at radius 3 is 2.03 bits per heavy atom. The Labute approximate surface area is 189 Å². The van der Waals surface area contributed by atoms with Crippen LogP contribution in [-0.2, 0) is 13.0 Å². The van der Waals surface area contributed by atoms with Crippen LogP contribution in [0.2, 0.25) is 0 Å². The van der Waals surface area contributed by atoms with E-state index in [1.165, 1.54) is 38.5 Å². The number of fused-ring (bicyclic) bond motifs is 3. The Balaban J connectivity index is 1.35. The molecular weight excluding hydrogens is 402 g/mol. The Bertz CT molecular complexity index is 989. The molecule has 2 aromatic heterocycles. The number of anilines is 3. The van der Waals surface area contributed by atoms with Crippen molar-refractivity contribution >= 4 is 17.8 Å². The zero-order valence-electron chi connectivity index (χ0n) is 18.8. The minimum absolute atomic E-state index is 0.126. The molecule has 0 amide bonds. The fraction of sp³-hybridized carbons (Fsp3) is 0.667. The van der Waals surface area contributed by atoms with Crippen LogP contribution in [-0.4, -0.2) is 58.3 Å². The standard InChI is InChI=1S/C24H33N7O/c32-21-9-7-8-19-15-20-14-18(16-30(19)21)17-31(20)24-26-22(28-10-3-1-4-11-28)25-23(27-24)29-12-5-2-6-13-29/h7-9,18,20H,1-6,10-17H2/t18-,20-/m1/s1. The maximum absolute atomic E-state index is 12.4. The van der Waals surface area contributed by atoms with E-state index in [2.05, 4.69) is 20.8 Å². The van der Waals surface area contributed by atoms with Gasteiger partial charge in [0.1, 0.15) is 0 Å². The molecule has 6 rings (SSSR count). The summed E-state index contributed by atoms with van der Waals surface area (Å²) < 4.78 is 1.98. The predicted molar refractivity (Wildman–Crippen MR) is 126 cm³/mol. The summed E-state index contributed by atoms with van der Waals surface area (Å²) in [7, 11) is 0. The second-order valence-corrected chi connectivity index (χ2v) is 9.91. The second kappa shape index (κ2) is 8.37. The molecule has 0 aliphatic carbocycles. The highest BCUT2D eigenvalue weighted by Crippen LogP contribution is 2.34. The number of rotatable bonds is 3. The largest absolute Gasteiger partial charge is 0.341 e. The smallest absolute Gasteiger partial charge is 0.250 e. The summed E-state index contributed by atoms with van der Waals surface area (Å²) in [6.45, 7) is 5.84. The van der Waals surface area contributed by atoms with Crippen molar-refractivity contribution in [1.82, 2.24) is 19.5 Å². The molecule has 2 aromatic rings. The molecule has 3 fully saturated rings. The maximum Gasteiger partial charge on any atom is 0.250 e. The topological polar surface area (TPSA) is 70.4 Å². The minimum atomic E-state index is 0.126. The van der Waals surface area contributed by atoms with E-state index in [1.807, 2.05) is 10.6 Å². The summed E-state index contributed by atoms with van der Waals surface area (Å²) in [6.07, 6.45) is 9.38. The maximum atomic E-state index is 12.4. The van der Waals surface area contributed by atoms with Gasteiger partial charge in [-0.2, -0.15) is 15.0 Å². The average Bonchev–Trinajstić information content (AvgIpc) is 3.13. The van der Waals surface area contributed by atoms with Gasteiger partial charge in [0.25, 0.3) is 5.56 Å². The van der Waals surface area contributed by atoms with Crippen molar-refractivity contribution in [2.45, 2.75) is 64.0 Å². The number of aromatic nitrogens is 4. The Morgan fingerprint density at radius 2 is 1.38 bits per heavy atom. The SMILES string of the molecule is O=c1cccc2n1C[C@H]1C[C@H](C2)N(c2nc(N3CCCCC3)nc(N3CCCCC3)n2)C1. The summed E-state index contributed by atoms with van der Waals surface area (Å²) in [6, 6.07) is 6.01. The molecule has 32 heavy (non-hydrogen) atoms. The van der Waals surface area contributed by atoms with Gasteiger partial charge < -0.3 is 19.3 Å². The molecule has 0 N–H and O–H groups in total. The third-order valence-corrected chi connectivity index (χ3v) is 7.66. The van der Waals surface area contributed by atoms with Gasteiger partial charge in [0.2, 0.25) is 17.8 Å². The first kappa shape index (κ1) is 20.0. The quantitative estimate of drug-likeness (QED) is 0.733. The summed E-state index contributed by atoms with van der Waals surface area (Å²) in [5, 5.41) is 0. The van der Waals surface area contributed by atoms with E-state index in [-0.39, 0.29) is 5.56 Å². The van der Waals surface area contributed by atoms with Gasteiger partial charge in [-0.15, -0.1) is 0 Å². The first-order chi connectivity index (χ1) is 15.7. The van der Waals surface area contributed by atoms with Gasteiger partial charge in [0.15, 0.2) is 0 Å². The molecule has 0 unspecified atom stereocenters. The Kier molecular flexibility index (Phi) is 5.23. The van der Waals surface area contributed by atoms with E-state index >= 15 is 0 Å². The van der Waals surface area contributed by atoms with Gasteiger partial charge in [-0.3, -0.25) is 4.79 Å². The molecular formula is C24H33N7O. The van der Waals surface area contributed by atoms with Gasteiger partial charge in [0.05, 0.1) is 0 Å². The van der Waals surface area contributed by atoms with Crippen LogP contribution in [0.1, 0.15) is 50.6 Å². The normalized spacial score (nSPS) is 25.6. The summed E-state index contributed by atoms with van der Waals surface area (Å²) in [5.41, 5.74) is 1.26. The zero-order chi connectivity index (χ0) is 21.5. The van der Waals surface area contributed by atoms with Gasteiger partial charge in [-0.25, -0.2) is 0 Å². The summed E-state index contributed by atoms with van der Waals surface area (Å²) >= 11 is 0. The molecule has 4 aliphatic rings. The third kappa shape index (κ3) is 3.73. The van der Waals surface area contributed by atoms with E-state index in [0.717, 1.165) is 75.6 Å². The Hall–Kier alpha value is -2.64. The first-order valence-electron chi connectivity index (χ1n) is 12.5. The van der Waals surface area contributed by atoms with E-state index in [0.29, 0.717) is 12.0 Å². The van der Waals surface area contributed by atoms with Crippen LogP contribution in [0, 0.1) is 5.92 Å².